The summed E-state index contributed by atoms with van der Waals surface area (Å²) in [4.78, 5) is 72.6. The molecule has 0 aliphatic carbocycles. The van der Waals surface area contributed by atoms with Gasteiger partial charge in [0.1, 0.15) is 18.1 Å². The van der Waals surface area contributed by atoms with Crippen molar-refractivity contribution in [2.75, 3.05) is 49.7 Å². The van der Waals surface area contributed by atoms with Crippen molar-refractivity contribution < 1.29 is 43.7 Å². The lowest BCUT2D eigenvalue weighted by atomic mass is 10.1. The monoisotopic (exact) mass is 610 g/mol. The summed E-state index contributed by atoms with van der Waals surface area (Å²) in [5.74, 6) is -3.77. The number of ether oxygens (including phenoxy) is 1. The first-order valence-electron chi connectivity index (χ1n) is 11.8. The number of methoxy groups -OCH3 is 1. The second-order valence-electron chi connectivity index (χ2n) is 8.02. The Morgan fingerprint density at radius 3 is 1.67 bits per heavy atom. The normalized spacial score (nSPS) is 14.1. The zero-order chi connectivity index (χ0) is 29.8. The van der Waals surface area contributed by atoms with E-state index in [9.17, 15) is 39.0 Å². The summed E-state index contributed by atoms with van der Waals surface area (Å²) in [6.07, 6.45) is 7.88. The van der Waals surface area contributed by atoms with Gasteiger partial charge < -0.3 is 30.9 Å². The van der Waals surface area contributed by atoms with Crippen LogP contribution in [0.1, 0.15) is 19.3 Å². The number of carboxylic acids is 2. The van der Waals surface area contributed by atoms with Gasteiger partial charge in [-0.2, -0.15) is 35.3 Å². The van der Waals surface area contributed by atoms with Gasteiger partial charge in [-0.25, -0.2) is 9.59 Å². The third-order valence-corrected chi connectivity index (χ3v) is 7.08. The van der Waals surface area contributed by atoms with E-state index >= 15 is 0 Å². The molecule has 0 radical (unpaired) electrons. The van der Waals surface area contributed by atoms with Crippen LogP contribution < -0.4 is 21.3 Å². The Labute approximate surface area is 240 Å². The predicted octanol–water partition coefficient (Wildman–Crippen LogP) is -0.443. The van der Waals surface area contributed by atoms with Crippen molar-refractivity contribution in [2.24, 2.45) is 0 Å². The summed E-state index contributed by atoms with van der Waals surface area (Å²) in [7, 11) is 1.14. The predicted molar refractivity (Wildman–Crippen MR) is 153 cm³/mol. The number of amides is 3. The SMILES string of the molecule is COC(=O)/C=C/C(=O)NC[C@H](N[C@@H](CCSC)C(=O)N[C@@H](CCSC)C(=O)N[C@@H](CCSC)C(=O)O)C(=O)O. The van der Waals surface area contributed by atoms with Crippen molar-refractivity contribution in [1.82, 2.24) is 21.3 Å². The van der Waals surface area contributed by atoms with Gasteiger partial charge in [0.05, 0.1) is 13.2 Å². The quantitative estimate of drug-likeness (QED) is 0.0722. The molecule has 0 aliphatic rings. The molecule has 0 heterocycles. The molecule has 0 rings (SSSR count). The van der Waals surface area contributed by atoms with Crippen LogP contribution in [-0.4, -0.2) is 120 Å². The first-order chi connectivity index (χ1) is 18.5. The van der Waals surface area contributed by atoms with Gasteiger partial charge in [0, 0.05) is 18.7 Å². The van der Waals surface area contributed by atoms with E-state index in [1.54, 1.807) is 0 Å². The van der Waals surface area contributed by atoms with Crippen LogP contribution in [0.25, 0.3) is 0 Å². The van der Waals surface area contributed by atoms with Crippen molar-refractivity contribution in [3.05, 3.63) is 12.2 Å². The topological polar surface area (TPSA) is 200 Å². The zero-order valence-electron chi connectivity index (χ0n) is 22.4. The van der Waals surface area contributed by atoms with E-state index in [1.165, 1.54) is 35.3 Å². The van der Waals surface area contributed by atoms with Crippen molar-refractivity contribution >= 4 is 70.9 Å². The Kier molecular flexibility index (Phi) is 20.1. The molecule has 39 heavy (non-hydrogen) atoms. The van der Waals surface area contributed by atoms with Crippen LogP contribution in [0, 0.1) is 0 Å². The molecule has 0 aromatic heterocycles. The summed E-state index contributed by atoms with van der Waals surface area (Å²) in [6, 6.07) is -4.54. The highest BCUT2D eigenvalue weighted by Gasteiger charge is 2.31. The number of thioether (sulfide) groups is 3. The summed E-state index contributed by atoms with van der Waals surface area (Å²) in [6.45, 7) is -0.394. The van der Waals surface area contributed by atoms with Gasteiger partial charge in [0.2, 0.25) is 17.7 Å². The molecule has 0 bridgehead atoms. The summed E-state index contributed by atoms with van der Waals surface area (Å²) < 4.78 is 4.39. The van der Waals surface area contributed by atoms with Crippen LogP contribution in [0.4, 0.5) is 0 Å². The molecule has 0 saturated heterocycles. The first-order valence-corrected chi connectivity index (χ1v) is 16.0. The number of hydrogen-bond donors (Lipinski definition) is 6. The second kappa shape index (κ2) is 21.4. The maximum absolute atomic E-state index is 13.2. The number of carbonyl (C=O) groups is 6. The molecule has 0 saturated carbocycles. The molecular weight excluding hydrogens is 572 g/mol. The highest BCUT2D eigenvalue weighted by atomic mass is 32.2. The number of aliphatic carboxylic acids is 2. The number of hydrogen-bond acceptors (Lipinski definition) is 11. The minimum Gasteiger partial charge on any atom is -0.480 e. The third-order valence-electron chi connectivity index (χ3n) is 5.15. The van der Waals surface area contributed by atoms with Gasteiger partial charge in [-0.3, -0.25) is 24.5 Å². The number of esters is 1. The molecule has 0 aromatic carbocycles. The van der Waals surface area contributed by atoms with Crippen LogP contribution in [0.5, 0.6) is 0 Å². The smallest absolute Gasteiger partial charge is 0.330 e. The maximum Gasteiger partial charge on any atom is 0.330 e. The molecule has 0 aromatic rings. The Hall–Kier alpha value is -2.43. The Balaban J connectivity index is 5.56. The standard InChI is InChI=1S/C23H38N4O9S3/c1-36-19(29)6-5-18(28)24-13-17(23(34)35)25-14(7-10-37-2)20(30)26-15(8-11-38-3)21(31)27-16(22(32)33)9-12-39-4/h5-6,14-17,25H,7-13H2,1-4H3,(H,24,28)(H,26,30)(H,27,31)(H,32,33)(H,34,35)/b6-5+/t14-,15-,16-,17-/m0/s1. The molecule has 4 atom stereocenters. The molecule has 13 nitrogen and oxygen atoms in total. The lowest BCUT2D eigenvalue weighted by Gasteiger charge is -2.26. The maximum atomic E-state index is 13.2. The van der Waals surface area contributed by atoms with Crippen molar-refractivity contribution in [3.63, 3.8) is 0 Å². The van der Waals surface area contributed by atoms with Crippen molar-refractivity contribution in [1.29, 1.82) is 0 Å². The molecule has 0 aliphatic heterocycles. The Morgan fingerprint density at radius 2 is 1.18 bits per heavy atom. The van der Waals surface area contributed by atoms with Gasteiger partial charge >= 0.3 is 17.9 Å². The fourth-order valence-corrected chi connectivity index (χ4v) is 4.42. The summed E-state index contributed by atoms with van der Waals surface area (Å²) in [5.41, 5.74) is 0. The lowest BCUT2D eigenvalue weighted by molar-refractivity contribution is -0.142. The van der Waals surface area contributed by atoms with Crippen LogP contribution in [-0.2, 0) is 33.5 Å². The van der Waals surface area contributed by atoms with Crippen molar-refractivity contribution in [2.45, 2.75) is 43.4 Å². The van der Waals surface area contributed by atoms with Gasteiger partial charge in [-0.15, -0.1) is 0 Å². The van der Waals surface area contributed by atoms with Gasteiger partial charge in [-0.05, 0) is 55.3 Å². The van der Waals surface area contributed by atoms with E-state index < -0.39 is 66.3 Å². The number of carbonyl (C=O) groups excluding carboxylic acids is 4. The summed E-state index contributed by atoms with van der Waals surface area (Å²) in [5, 5.41) is 29.3. The highest BCUT2D eigenvalue weighted by molar-refractivity contribution is 7.98. The van der Waals surface area contributed by atoms with Crippen LogP contribution in [0.2, 0.25) is 0 Å². The van der Waals surface area contributed by atoms with E-state index in [-0.39, 0.29) is 19.3 Å². The van der Waals surface area contributed by atoms with E-state index in [2.05, 4.69) is 26.0 Å². The highest BCUT2D eigenvalue weighted by Crippen LogP contribution is 2.08. The van der Waals surface area contributed by atoms with E-state index in [0.29, 0.717) is 17.3 Å². The van der Waals surface area contributed by atoms with Crippen LogP contribution in [0.15, 0.2) is 12.2 Å². The first kappa shape index (κ1) is 36.6. The zero-order valence-corrected chi connectivity index (χ0v) is 24.8. The molecule has 222 valence electrons. The van der Waals surface area contributed by atoms with Gasteiger partial charge in [0.25, 0.3) is 0 Å². The fourth-order valence-electron chi connectivity index (χ4n) is 3.00. The molecule has 0 unspecified atom stereocenters. The summed E-state index contributed by atoms with van der Waals surface area (Å²) >= 11 is 4.32. The fraction of sp³-hybridized carbons (Fsp3) is 0.652. The average molecular weight is 611 g/mol. The van der Waals surface area contributed by atoms with E-state index in [1.807, 2.05) is 18.8 Å². The minimum absolute atomic E-state index is 0.212. The average Bonchev–Trinajstić information content (AvgIpc) is 2.90. The van der Waals surface area contributed by atoms with Crippen LogP contribution >= 0.6 is 35.3 Å². The second-order valence-corrected chi connectivity index (χ2v) is 11.0. The molecule has 16 heteroatoms. The molecule has 0 spiro atoms. The molecule has 3 amide bonds. The lowest BCUT2D eigenvalue weighted by Crippen LogP contribution is -2.58. The molecule has 0 fully saturated rings. The van der Waals surface area contributed by atoms with Gasteiger partial charge in [-0.1, -0.05) is 0 Å². The van der Waals surface area contributed by atoms with Crippen molar-refractivity contribution in [3.8, 4) is 0 Å². The Bertz CT molecular complexity index is 861. The number of carboxylic acid groups (broad SMARTS) is 2. The Morgan fingerprint density at radius 1 is 0.718 bits per heavy atom. The third kappa shape index (κ3) is 16.3. The van der Waals surface area contributed by atoms with Gasteiger partial charge in [0.15, 0.2) is 0 Å². The molecule has 6 N–H and O–H groups in total. The van der Waals surface area contributed by atoms with E-state index in [4.69, 9.17) is 0 Å². The molecular formula is C23H38N4O9S3. The van der Waals surface area contributed by atoms with E-state index in [0.717, 1.165) is 19.3 Å². The largest absolute Gasteiger partial charge is 0.480 e. The number of nitrogens with one attached hydrogen (secondary N) is 4. The van der Waals surface area contributed by atoms with Crippen LogP contribution in [0.3, 0.4) is 0 Å². The number of rotatable bonds is 21. The minimum atomic E-state index is -1.36.